The predicted octanol–water partition coefficient (Wildman–Crippen LogP) is 3.51. The lowest BCUT2D eigenvalue weighted by Gasteiger charge is -2.20. The minimum absolute atomic E-state index is 0.0682. The van der Waals surface area contributed by atoms with Crippen molar-refractivity contribution in [1.82, 2.24) is 9.97 Å². The van der Waals surface area contributed by atoms with E-state index in [0.29, 0.717) is 29.8 Å². The molecule has 3 rings (SSSR count). The van der Waals surface area contributed by atoms with Gasteiger partial charge in [-0.3, -0.25) is 4.79 Å². The summed E-state index contributed by atoms with van der Waals surface area (Å²) in [7, 11) is 0. The summed E-state index contributed by atoms with van der Waals surface area (Å²) in [5.74, 6) is 1.74. The van der Waals surface area contributed by atoms with Crippen LogP contribution >= 0.6 is 0 Å². The Labute approximate surface area is 154 Å². The lowest BCUT2D eigenvalue weighted by Crippen LogP contribution is -2.85. The van der Waals surface area contributed by atoms with Crippen molar-refractivity contribution in [3.63, 3.8) is 0 Å². The van der Waals surface area contributed by atoms with Crippen molar-refractivity contribution >= 4 is 10.9 Å². The van der Waals surface area contributed by atoms with Crippen LogP contribution < -0.4 is 10.9 Å². The Morgan fingerprint density at radius 2 is 1.62 bits per heavy atom. The lowest BCUT2D eigenvalue weighted by molar-refractivity contribution is -0.718. The number of aromatic nitrogens is 2. The minimum atomic E-state index is -0.0682. The maximum atomic E-state index is 12.2. The van der Waals surface area contributed by atoms with Gasteiger partial charge >= 0.3 is 0 Å². The quantitative estimate of drug-likeness (QED) is 0.715. The molecule has 0 fully saturated rings. The van der Waals surface area contributed by atoms with Crippen molar-refractivity contribution in [2.45, 2.75) is 46.2 Å². The second kappa shape index (κ2) is 7.83. The first-order valence-corrected chi connectivity index (χ1v) is 9.37. The van der Waals surface area contributed by atoms with E-state index in [1.54, 1.807) is 0 Å². The second-order valence-electron chi connectivity index (χ2n) is 7.56. The van der Waals surface area contributed by atoms with Crippen LogP contribution in [-0.4, -0.2) is 9.97 Å². The Bertz CT molecular complexity index is 926. The van der Waals surface area contributed by atoms with Gasteiger partial charge in [0.2, 0.25) is 0 Å². The van der Waals surface area contributed by atoms with Gasteiger partial charge in [0, 0.05) is 11.5 Å². The Balaban J connectivity index is 1.80. The Morgan fingerprint density at radius 3 is 2.27 bits per heavy atom. The van der Waals surface area contributed by atoms with Gasteiger partial charge in [-0.15, -0.1) is 0 Å². The number of aromatic amines is 1. The normalized spacial score (nSPS) is 12.8. The molecule has 0 bridgehead atoms. The van der Waals surface area contributed by atoms with E-state index in [0.717, 1.165) is 11.3 Å². The fraction of sp³-hybridized carbons (Fsp3) is 0.364. The highest BCUT2D eigenvalue weighted by Crippen LogP contribution is 2.21. The average Bonchev–Trinajstić information content (AvgIpc) is 2.62. The van der Waals surface area contributed by atoms with Crippen molar-refractivity contribution in [2.75, 3.05) is 0 Å². The fourth-order valence-electron chi connectivity index (χ4n) is 3.37. The molecule has 1 atom stereocenters. The molecule has 4 heteroatoms. The number of nitrogens with one attached hydrogen (secondary N) is 1. The van der Waals surface area contributed by atoms with Gasteiger partial charge in [-0.2, -0.15) is 0 Å². The first-order valence-electron chi connectivity index (χ1n) is 9.37. The number of para-hydroxylation sites is 1. The topological polar surface area (TPSA) is 62.4 Å². The van der Waals surface area contributed by atoms with Gasteiger partial charge in [0.1, 0.15) is 12.6 Å². The number of H-pyrrole nitrogens is 1. The summed E-state index contributed by atoms with van der Waals surface area (Å²) in [6.07, 6.45) is 0. The molecule has 0 saturated carbocycles. The molecule has 0 aliphatic rings. The van der Waals surface area contributed by atoms with E-state index >= 15 is 0 Å². The van der Waals surface area contributed by atoms with E-state index in [2.05, 4.69) is 67.2 Å². The van der Waals surface area contributed by atoms with E-state index in [1.165, 1.54) is 11.1 Å². The molecule has 0 unspecified atom stereocenters. The number of nitrogens with zero attached hydrogens (tertiary/aromatic N) is 1. The van der Waals surface area contributed by atoms with Crippen molar-refractivity contribution in [3.05, 3.63) is 75.8 Å². The first-order chi connectivity index (χ1) is 12.5. The average molecular weight is 350 g/mol. The van der Waals surface area contributed by atoms with Crippen molar-refractivity contribution < 1.29 is 5.32 Å². The third-order valence-corrected chi connectivity index (χ3v) is 4.93. The fourth-order valence-corrected chi connectivity index (χ4v) is 3.37. The zero-order valence-corrected chi connectivity index (χ0v) is 16.0. The molecule has 1 heterocycles. The molecular formula is C22H28N3O+. The zero-order chi connectivity index (χ0) is 18.7. The van der Waals surface area contributed by atoms with Crippen molar-refractivity contribution in [3.8, 4) is 0 Å². The summed E-state index contributed by atoms with van der Waals surface area (Å²) < 4.78 is 0. The number of fused-ring (bicyclic) bond motifs is 1. The van der Waals surface area contributed by atoms with E-state index in [9.17, 15) is 4.79 Å². The van der Waals surface area contributed by atoms with E-state index in [-0.39, 0.29) is 5.56 Å². The highest BCUT2D eigenvalue weighted by molar-refractivity contribution is 5.77. The third-order valence-electron chi connectivity index (χ3n) is 4.93. The number of rotatable bonds is 6. The molecule has 0 aliphatic carbocycles. The molecule has 136 valence electrons. The molecular weight excluding hydrogens is 322 g/mol. The number of hydrogen-bond acceptors (Lipinski definition) is 2. The summed E-state index contributed by atoms with van der Waals surface area (Å²) in [5, 5.41) is 2.91. The van der Waals surface area contributed by atoms with E-state index < -0.39 is 0 Å². The third kappa shape index (κ3) is 4.02. The predicted molar refractivity (Wildman–Crippen MR) is 106 cm³/mol. The summed E-state index contributed by atoms with van der Waals surface area (Å²) >= 11 is 0. The molecule has 0 spiro atoms. The number of hydrogen-bond donors (Lipinski definition) is 2. The van der Waals surface area contributed by atoms with Gasteiger partial charge in [0.25, 0.3) is 5.56 Å². The molecule has 26 heavy (non-hydrogen) atoms. The van der Waals surface area contributed by atoms with Crippen LogP contribution in [0, 0.1) is 5.92 Å². The molecule has 1 aromatic heterocycles. The standard InChI is InChI=1S/C22H27N3O/c1-14(2)16-9-11-17(12-10-16)21(15(3)4)23-13-20-24-19-8-6-5-7-18(19)22(26)25-20/h5-12,14-15,21,23H,13H2,1-4H3,(H,24,25,26)/p+1/t21-/m1/s1. The second-order valence-corrected chi connectivity index (χ2v) is 7.56. The van der Waals surface area contributed by atoms with Crippen LogP contribution in [0.15, 0.2) is 53.3 Å². The lowest BCUT2D eigenvalue weighted by atomic mass is 9.93. The Hall–Kier alpha value is -2.46. The Kier molecular flexibility index (Phi) is 5.52. The van der Waals surface area contributed by atoms with Crippen LogP contribution in [0.1, 0.15) is 56.6 Å². The van der Waals surface area contributed by atoms with Gasteiger partial charge in [-0.05, 0) is 23.6 Å². The maximum Gasteiger partial charge on any atom is 0.258 e. The van der Waals surface area contributed by atoms with Gasteiger partial charge in [0.05, 0.1) is 10.9 Å². The maximum absolute atomic E-state index is 12.2. The molecule has 0 saturated heterocycles. The van der Waals surface area contributed by atoms with Gasteiger partial charge < -0.3 is 10.3 Å². The number of nitrogens with two attached hydrogens (primary N) is 1. The van der Waals surface area contributed by atoms with Crippen LogP contribution in [0.3, 0.4) is 0 Å². The van der Waals surface area contributed by atoms with Crippen LogP contribution in [0.4, 0.5) is 0 Å². The molecule has 3 aromatic rings. The molecule has 0 amide bonds. The van der Waals surface area contributed by atoms with Crippen molar-refractivity contribution in [2.24, 2.45) is 5.92 Å². The monoisotopic (exact) mass is 350 g/mol. The first kappa shape index (κ1) is 18.3. The number of quaternary nitrogens is 1. The smallest absolute Gasteiger partial charge is 0.258 e. The largest absolute Gasteiger partial charge is 0.334 e. The SMILES string of the molecule is CC(C)c1ccc([C@H]([NH2+]Cc2nc3ccccc3c(=O)[nH]2)C(C)C)cc1. The van der Waals surface area contributed by atoms with Gasteiger partial charge in [0.15, 0.2) is 5.82 Å². The highest BCUT2D eigenvalue weighted by Gasteiger charge is 2.20. The van der Waals surface area contributed by atoms with Crippen LogP contribution in [0.25, 0.3) is 10.9 Å². The minimum Gasteiger partial charge on any atom is -0.334 e. The van der Waals surface area contributed by atoms with Gasteiger partial charge in [-0.25, -0.2) is 4.98 Å². The summed E-state index contributed by atoms with van der Waals surface area (Å²) in [6.45, 7) is 9.53. The molecule has 2 aromatic carbocycles. The molecule has 3 N–H and O–H groups in total. The van der Waals surface area contributed by atoms with Crippen LogP contribution in [0.5, 0.6) is 0 Å². The number of benzene rings is 2. The van der Waals surface area contributed by atoms with Crippen LogP contribution in [-0.2, 0) is 6.54 Å². The molecule has 4 nitrogen and oxygen atoms in total. The molecule has 0 radical (unpaired) electrons. The van der Waals surface area contributed by atoms with E-state index in [1.807, 2.05) is 24.3 Å². The summed E-state index contributed by atoms with van der Waals surface area (Å²) in [4.78, 5) is 19.8. The summed E-state index contributed by atoms with van der Waals surface area (Å²) in [6, 6.07) is 16.7. The molecule has 0 aliphatic heterocycles. The Morgan fingerprint density at radius 1 is 0.962 bits per heavy atom. The zero-order valence-electron chi connectivity index (χ0n) is 16.0. The van der Waals surface area contributed by atoms with Gasteiger partial charge in [-0.1, -0.05) is 64.1 Å². The van der Waals surface area contributed by atoms with E-state index in [4.69, 9.17) is 0 Å². The summed E-state index contributed by atoms with van der Waals surface area (Å²) in [5.41, 5.74) is 3.35. The van der Waals surface area contributed by atoms with Crippen LogP contribution in [0.2, 0.25) is 0 Å². The van der Waals surface area contributed by atoms with Crippen molar-refractivity contribution in [1.29, 1.82) is 0 Å². The highest BCUT2D eigenvalue weighted by atomic mass is 16.1.